The lowest BCUT2D eigenvalue weighted by Crippen LogP contribution is -2.24. The number of aromatic nitrogens is 2. The van der Waals surface area contributed by atoms with E-state index in [0.717, 1.165) is 16.8 Å². The molecule has 0 aliphatic rings. The van der Waals surface area contributed by atoms with Crippen molar-refractivity contribution in [3.8, 4) is 0 Å². The molecule has 8 heteroatoms. The summed E-state index contributed by atoms with van der Waals surface area (Å²) in [6.07, 6.45) is 0. The normalized spacial score (nSPS) is 11.4. The van der Waals surface area contributed by atoms with E-state index in [0.29, 0.717) is 17.9 Å². The quantitative estimate of drug-likeness (QED) is 0.399. The highest BCUT2D eigenvalue weighted by molar-refractivity contribution is 7.89. The maximum Gasteiger partial charge on any atom is 0.257 e. The van der Waals surface area contributed by atoms with Crippen molar-refractivity contribution in [2.45, 2.75) is 31.8 Å². The molecule has 1 heterocycles. The molecular formula is C26H26N4O3S. The van der Waals surface area contributed by atoms with Crippen molar-refractivity contribution in [2.24, 2.45) is 0 Å². The van der Waals surface area contributed by atoms with Crippen LogP contribution in [0.4, 0.5) is 5.82 Å². The van der Waals surface area contributed by atoms with Gasteiger partial charge < -0.3 is 5.32 Å². The van der Waals surface area contributed by atoms with Crippen LogP contribution in [-0.4, -0.2) is 24.1 Å². The summed E-state index contributed by atoms with van der Waals surface area (Å²) in [5.41, 5.74) is 3.62. The number of carbonyl (C=O) groups excluding carboxylic acids is 1. The van der Waals surface area contributed by atoms with Crippen molar-refractivity contribution < 1.29 is 13.2 Å². The molecule has 0 spiro atoms. The number of benzene rings is 3. The lowest BCUT2D eigenvalue weighted by Gasteiger charge is -2.12. The summed E-state index contributed by atoms with van der Waals surface area (Å²) in [6, 6.07) is 25.4. The summed E-state index contributed by atoms with van der Waals surface area (Å²) in [7, 11) is -3.80. The van der Waals surface area contributed by atoms with Gasteiger partial charge in [0.1, 0.15) is 5.82 Å². The number of amides is 1. The van der Waals surface area contributed by atoms with Gasteiger partial charge in [-0.3, -0.25) is 4.79 Å². The molecule has 4 aromatic rings. The van der Waals surface area contributed by atoms with Gasteiger partial charge in [0.25, 0.3) is 5.91 Å². The van der Waals surface area contributed by atoms with Crippen molar-refractivity contribution in [3.05, 3.63) is 113 Å². The third-order valence-corrected chi connectivity index (χ3v) is 6.79. The van der Waals surface area contributed by atoms with E-state index in [4.69, 9.17) is 0 Å². The highest BCUT2D eigenvalue weighted by Crippen LogP contribution is 2.19. The van der Waals surface area contributed by atoms with Crippen LogP contribution in [0.1, 0.15) is 32.7 Å². The topological polar surface area (TPSA) is 93.1 Å². The molecule has 2 N–H and O–H groups in total. The van der Waals surface area contributed by atoms with Gasteiger partial charge in [-0.05, 0) is 42.7 Å². The molecule has 0 saturated heterocycles. The predicted octanol–water partition coefficient (Wildman–Crippen LogP) is 4.28. The number of hydrogen-bond donors (Lipinski definition) is 2. The van der Waals surface area contributed by atoms with Gasteiger partial charge in [-0.1, -0.05) is 66.7 Å². The average molecular weight is 475 g/mol. The van der Waals surface area contributed by atoms with Crippen LogP contribution < -0.4 is 10.0 Å². The Kier molecular flexibility index (Phi) is 6.90. The summed E-state index contributed by atoms with van der Waals surface area (Å²) in [4.78, 5) is 13.2. The zero-order chi connectivity index (χ0) is 24.1. The molecule has 0 unspecified atom stereocenters. The molecule has 0 aliphatic carbocycles. The van der Waals surface area contributed by atoms with Gasteiger partial charge in [0.05, 0.1) is 17.1 Å². The van der Waals surface area contributed by atoms with E-state index in [2.05, 4.69) is 15.1 Å². The van der Waals surface area contributed by atoms with Gasteiger partial charge in [0, 0.05) is 18.2 Å². The smallest absolute Gasteiger partial charge is 0.257 e. The number of carbonyl (C=O) groups is 1. The lowest BCUT2D eigenvalue weighted by atomic mass is 10.1. The summed E-state index contributed by atoms with van der Waals surface area (Å²) in [6.45, 7) is 4.29. The predicted molar refractivity (Wildman–Crippen MR) is 132 cm³/mol. The van der Waals surface area contributed by atoms with E-state index in [1.54, 1.807) is 23.7 Å². The van der Waals surface area contributed by atoms with Gasteiger partial charge in [0.15, 0.2) is 0 Å². The third kappa shape index (κ3) is 5.59. The number of aryl methyl sites for hydroxylation is 2. The van der Waals surface area contributed by atoms with Gasteiger partial charge in [-0.2, -0.15) is 5.10 Å². The van der Waals surface area contributed by atoms with Crippen LogP contribution in [0.3, 0.4) is 0 Å². The molecule has 174 valence electrons. The van der Waals surface area contributed by atoms with E-state index < -0.39 is 15.9 Å². The Morgan fingerprint density at radius 2 is 1.53 bits per heavy atom. The van der Waals surface area contributed by atoms with Gasteiger partial charge in [-0.15, -0.1) is 0 Å². The fourth-order valence-electron chi connectivity index (χ4n) is 3.58. The highest BCUT2D eigenvalue weighted by atomic mass is 32.2. The Bertz CT molecular complexity index is 1400. The third-order valence-electron chi connectivity index (χ3n) is 5.39. The molecular weight excluding hydrogens is 448 g/mol. The number of anilines is 1. The first-order valence-electron chi connectivity index (χ1n) is 10.9. The molecule has 0 atom stereocenters. The van der Waals surface area contributed by atoms with Crippen molar-refractivity contribution in [1.82, 2.24) is 14.5 Å². The Hall–Kier alpha value is -3.75. The molecule has 0 aliphatic heterocycles. The van der Waals surface area contributed by atoms with E-state index in [-0.39, 0.29) is 17.0 Å². The van der Waals surface area contributed by atoms with Crippen LogP contribution in [0.15, 0.2) is 89.8 Å². The molecule has 0 fully saturated rings. The van der Waals surface area contributed by atoms with Crippen LogP contribution in [0.5, 0.6) is 0 Å². The van der Waals surface area contributed by atoms with Crippen molar-refractivity contribution in [2.75, 3.05) is 5.32 Å². The van der Waals surface area contributed by atoms with Crippen molar-refractivity contribution >= 4 is 21.7 Å². The van der Waals surface area contributed by atoms with E-state index in [1.807, 2.05) is 67.6 Å². The average Bonchev–Trinajstić information content (AvgIpc) is 3.17. The Morgan fingerprint density at radius 3 is 2.21 bits per heavy atom. The van der Waals surface area contributed by atoms with E-state index in [9.17, 15) is 13.2 Å². The SMILES string of the molecule is Cc1cc(NC(=O)c2cc(S(=O)(=O)NCc3ccccc3)ccc2C)n(Cc2ccccc2)n1. The molecule has 0 bridgehead atoms. The Labute approximate surface area is 199 Å². The van der Waals surface area contributed by atoms with Crippen molar-refractivity contribution in [3.63, 3.8) is 0 Å². The minimum Gasteiger partial charge on any atom is -0.307 e. The first-order valence-corrected chi connectivity index (χ1v) is 12.3. The zero-order valence-corrected chi connectivity index (χ0v) is 19.8. The minimum absolute atomic E-state index is 0.0353. The number of rotatable bonds is 8. The van der Waals surface area contributed by atoms with Gasteiger partial charge in [-0.25, -0.2) is 17.8 Å². The molecule has 34 heavy (non-hydrogen) atoms. The first-order chi connectivity index (χ1) is 16.3. The summed E-state index contributed by atoms with van der Waals surface area (Å²) < 4.78 is 30.0. The highest BCUT2D eigenvalue weighted by Gasteiger charge is 2.19. The summed E-state index contributed by atoms with van der Waals surface area (Å²) >= 11 is 0. The monoisotopic (exact) mass is 474 g/mol. The fourth-order valence-corrected chi connectivity index (χ4v) is 4.62. The second-order valence-electron chi connectivity index (χ2n) is 8.06. The van der Waals surface area contributed by atoms with Gasteiger partial charge >= 0.3 is 0 Å². The molecule has 1 amide bonds. The second-order valence-corrected chi connectivity index (χ2v) is 9.82. The maximum absolute atomic E-state index is 13.1. The van der Waals surface area contributed by atoms with Crippen molar-refractivity contribution in [1.29, 1.82) is 0 Å². The van der Waals surface area contributed by atoms with Gasteiger partial charge in [0.2, 0.25) is 10.0 Å². The first kappa shape index (κ1) is 23.4. The van der Waals surface area contributed by atoms with Crippen LogP contribution >= 0.6 is 0 Å². The van der Waals surface area contributed by atoms with Crippen LogP contribution in [0.2, 0.25) is 0 Å². The number of nitrogens with one attached hydrogen (secondary N) is 2. The minimum atomic E-state index is -3.80. The zero-order valence-electron chi connectivity index (χ0n) is 19.0. The Morgan fingerprint density at radius 1 is 0.882 bits per heavy atom. The number of nitrogens with zero attached hydrogens (tertiary/aromatic N) is 2. The molecule has 0 radical (unpaired) electrons. The summed E-state index contributed by atoms with van der Waals surface area (Å²) in [5.74, 6) is 0.146. The lowest BCUT2D eigenvalue weighted by molar-refractivity contribution is 0.102. The Balaban J connectivity index is 1.54. The van der Waals surface area contributed by atoms with E-state index >= 15 is 0 Å². The number of hydrogen-bond acceptors (Lipinski definition) is 4. The van der Waals surface area contributed by atoms with Crippen LogP contribution in [0.25, 0.3) is 0 Å². The van der Waals surface area contributed by atoms with Crippen LogP contribution in [-0.2, 0) is 23.1 Å². The largest absolute Gasteiger partial charge is 0.307 e. The molecule has 7 nitrogen and oxygen atoms in total. The maximum atomic E-state index is 13.1. The standard InChI is InChI=1S/C26H26N4O3S/c1-19-13-14-23(34(32,33)27-17-21-9-5-3-6-10-21)16-24(19)26(31)28-25-15-20(2)29-30(25)18-22-11-7-4-8-12-22/h3-16,27H,17-18H2,1-2H3,(H,28,31). The molecule has 0 saturated carbocycles. The molecule has 3 aromatic carbocycles. The number of sulfonamides is 1. The van der Waals surface area contributed by atoms with Crippen LogP contribution in [0, 0.1) is 13.8 Å². The summed E-state index contributed by atoms with van der Waals surface area (Å²) in [5, 5.41) is 7.37. The molecule has 4 rings (SSSR count). The second kappa shape index (κ2) is 10.0. The molecule has 1 aromatic heterocycles. The van der Waals surface area contributed by atoms with E-state index in [1.165, 1.54) is 12.1 Å². The fraction of sp³-hybridized carbons (Fsp3) is 0.154.